The van der Waals surface area contributed by atoms with Gasteiger partial charge in [-0.25, -0.2) is 0 Å². The first-order valence-corrected chi connectivity index (χ1v) is 23.9. The van der Waals surface area contributed by atoms with Gasteiger partial charge < -0.3 is 25.6 Å². The number of hydrogen-bond donors (Lipinski definition) is 5. The molecule has 0 fully saturated rings. The minimum absolute atomic E-state index is 0.00749. The maximum Gasteiger partial charge on any atom is 0.296 e. The summed E-state index contributed by atoms with van der Waals surface area (Å²) in [5.41, 5.74) is 12.4. The summed E-state index contributed by atoms with van der Waals surface area (Å²) in [7, 11) is -8.10. The van der Waals surface area contributed by atoms with Crippen LogP contribution in [0.15, 0.2) is 184 Å². The summed E-state index contributed by atoms with van der Waals surface area (Å²) in [5.74, 6) is 0.942. The molecule has 70 heavy (non-hydrogen) atoms. The molecule has 21 heteroatoms. The van der Waals surface area contributed by atoms with Crippen LogP contribution in [0.4, 0.5) is 56.9 Å². The molecule has 0 spiro atoms. The van der Waals surface area contributed by atoms with E-state index in [1.165, 1.54) is 31.4 Å². The Labute approximate surface area is 401 Å². The number of methoxy groups -OCH3 is 1. The second kappa shape index (κ2) is 20.0. The molecule has 8 aromatic carbocycles. The summed E-state index contributed by atoms with van der Waals surface area (Å²) in [6.07, 6.45) is 0. The molecule has 0 bridgehead atoms. The standard InChI is InChI=1S/C49H42N10O9S2/c1-28-20-35(12-18-40(28)54-55-41-19-13-36(25-46(41)67-4)53-59-45-26-39-31(24-48(45)70(64,65)66)6-5-7-47(39)69(61,62)63)52-57-43-21-30(3)44(22-29(43)2)58-56-42-17-8-32-23-34(11-16-38(32)49(42)60)51-27-68-37-14-9-33(50)10-15-37/h5-26,51,60H,27,50H2,1-4H3,(H,61,62,63)(H,64,65,66). The van der Waals surface area contributed by atoms with Gasteiger partial charge in [-0.2, -0.15) is 42.4 Å². The highest BCUT2D eigenvalue weighted by molar-refractivity contribution is 7.86. The Balaban J connectivity index is 0.921. The van der Waals surface area contributed by atoms with E-state index in [-0.39, 0.29) is 40.4 Å². The fourth-order valence-corrected chi connectivity index (χ4v) is 8.44. The van der Waals surface area contributed by atoms with E-state index < -0.39 is 30.0 Å². The molecule has 0 amide bonds. The minimum atomic E-state index is -4.83. The number of hydrogen-bond acceptors (Lipinski definition) is 17. The number of anilines is 2. The average molecular weight is 979 g/mol. The van der Waals surface area contributed by atoms with Crippen molar-refractivity contribution < 1.29 is 40.5 Å². The van der Waals surface area contributed by atoms with Crippen molar-refractivity contribution in [1.29, 1.82) is 0 Å². The van der Waals surface area contributed by atoms with E-state index in [1.807, 2.05) is 57.2 Å². The Morgan fingerprint density at radius 3 is 1.77 bits per heavy atom. The van der Waals surface area contributed by atoms with E-state index >= 15 is 0 Å². The van der Waals surface area contributed by atoms with E-state index in [0.29, 0.717) is 50.9 Å². The van der Waals surface area contributed by atoms with Crippen LogP contribution in [0.5, 0.6) is 17.2 Å². The molecule has 0 aliphatic rings. The van der Waals surface area contributed by atoms with Crippen LogP contribution in [0.3, 0.4) is 0 Å². The highest BCUT2D eigenvalue weighted by Gasteiger charge is 2.21. The molecule has 354 valence electrons. The van der Waals surface area contributed by atoms with Gasteiger partial charge in [-0.05, 0) is 157 Å². The zero-order chi connectivity index (χ0) is 49.7. The first kappa shape index (κ1) is 48.0. The van der Waals surface area contributed by atoms with Gasteiger partial charge in [-0.3, -0.25) is 9.11 Å². The van der Waals surface area contributed by atoms with Gasteiger partial charge in [0, 0.05) is 28.2 Å². The molecule has 0 saturated heterocycles. The van der Waals surface area contributed by atoms with Crippen molar-refractivity contribution in [3.05, 3.63) is 150 Å². The number of nitrogens with two attached hydrogens (primary N) is 1. The Morgan fingerprint density at radius 1 is 0.529 bits per heavy atom. The highest BCUT2D eigenvalue weighted by atomic mass is 32.2. The van der Waals surface area contributed by atoms with E-state index in [0.717, 1.165) is 46.0 Å². The number of azo groups is 4. The van der Waals surface area contributed by atoms with Gasteiger partial charge in [0.05, 0.1) is 35.5 Å². The number of nitrogens with one attached hydrogen (secondary N) is 1. The average Bonchev–Trinajstić information content (AvgIpc) is 3.32. The number of benzene rings is 8. The van der Waals surface area contributed by atoms with E-state index in [2.05, 4.69) is 46.2 Å². The first-order chi connectivity index (χ1) is 33.4. The fraction of sp³-hybridized carbons (Fsp3) is 0.102. The normalized spacial score (nSPS) is 12.3. The monoisotopic (exact) mass is 978 g/mol. The number of ether oxygens (including phenoxy) is 2. The van der Waals surface area contributed by atoms with Gasteiger partial charge in [0.2, 0.25) is 0 Å². The second-order valence-electron chi connectivity index (χ2n) is 15.7. The number of fused-ring (bicyclic) bond motifs is 2. The molecular weight excluding hydrogens is 937 g/mol. The van der Waals surface area contributed by atoms with E-state index in [4.69, 9.17) is 15.2 Å². The maximum atomic E-state index is 12.2. The number of aromatic hydroxyl groups is 1. The molecule has 0 radical (unpaired) electrons. The molecule has 8 aromatic rings. The van der Waals surface area contributed by atoms with E-state index in [9.17, 15) is 31.0 Å². The lowest BCUT2D eigenvalue weighted by Gasteiger charge is -2.11. The molecule has 6 N–H and O–H groups in total. The largest absolute Gasteiger partial charge is 0.505 e. The maximum absolute atomic E-state index is 12.2. The van der Waals surface area contributed by atoms with Gasteiger partial charge >= 0.3 is 0 Å². The molecule has 0 aliphatic heterocycles. The van der Waals surface area contributed by atoms with Crippen molar-refractivity contribution in [2.24, 2.45) is 40.9 Å². The summed E-state index contributed by atoms with van der Waals surface area (Å²) in [4.78, 5) is -1.10. The first-order valence-electron chi connectivity index (χ1n) is 21.0. The lowest BCUT2D eigenvalue weighted by Crippen LogP contribution is -2.08. The lowest BCUT2D eigenvalue weighted by atomic mass is 10.1. The van der Waals surface area contributed by atoms with Crippen molar-refractivity contribution in [2.75, 3.05) is 24.9 Å². The number of phenols is 1. The third-order valence-corrected chi connectivity index (χ3v) is 12.6. The summed E-state index contributed by atoms with van der Waals surface area (Å²) in [6.45, 7) is 5.86. The Kier molecular flexibility index (Phi) is 13.7. The van der Waals surface area contributed by atoms with Crippen LogP contribution in [-0.4, -0.2) is 44.9 Å². The molecule has 8 rings (SSSR count). The zero-order valence-corrected chi connectivity index (χ0v) is 39.3. The van der Waals surface area contributed by atoms with Gasteiger partial charge in [-0.1, -0.05) is 18.2 Å². The zero-order valence-electron chi connectivity index (χ0n) is 37.7. The third-order valence-electron chi connectivity index (χ3n) is 10.8. The summed E-state index contributed by atoms with van der Waals surface area (Å²) in [5, 5.41) is 50.4. The molecule has 0 aliphatic carbocycles. The van der Waals surface area contributed by atoms with Crippen LogP contribution < -0.4 is 20.5 Å². The number of nitrogens with zero attached hydrogens (tertiary/aromatic N) is 8. The fourth-order valence-electron chi connectivity index (χ4n) is 7.10. The van der Waals surface area contributed by atoms with Crippen molar-refractivity contribution in [1.82, 2.24) is 0 Å². The van der Waals surface area contributed by atoms with E-state index in [1.54, 1.807) is 54.6 Å². The number of rotatable bonds is 15. The van der Waals surface area contributed by atoms with Crippen LogP contribution in [0.25, 0.3) is 21.5 Å². The SMILES string of the molecule is COc1cc(N=Nc2cc3c(S(=O)(=O)O)cccc3cc2S(=O)(=O)O)ccc1N=Nc1ccc(N=Nc2cc(C)c(N=Nc3ccc4cc(NCOc5ccc(N)cc5)ccc4c3O)cc2C)cc1C. The Bertz CT molecular complexity index is 3700. The lowest BCUT2D eigenvalue weighted by molar-refractivity contribution is 0.347. The predicted octanol–water partition coefficient (Wildman–Crippen LogP) is 13.8. The van der Waals surface area contributed by atoms with Crippen molar-refractivity contribution >= 4 is 98.7 Å². The number of phenolic OH excluding ortho intramolecular Hbond substituents is 1. The summed E-state index contributed by atoms with van der Waals surface area (Å²) < 4.78 is 79.3. The van der Waals surface area contributed by atoms with Crippen molar-refractivity contribution in [2.45, 2.75) is 30.6 Å². The van der Waals surface area contributed by atoms with Crippen LogP contribution >= 0.6 is 0 Å². The Morgan fingerprint density at radius 2 is 1.10 bits per heavy atom. The van der Waals surface area contributed by atoms with Crippen LogP contribution in [0, 0.1) is 20.8 Å². The molecular formula is C49H42N10O9S2. The molecule has 19 nitrogen and oxygen atoms in total. The third kappa shape index (κ3) is 11.1. The van der Waals surface area contributed by atoms with Gasteiger partial charge in [0.25, 0.3) is 20.2 Å². The highest BCUT2D eigenvalue weighted by Crippen LogP contribution is 2.40. The van der Waals surface area contributed by atoms with Gasteiger partial charge in [0.15, 0.2) is 12.5 Å². The summed E-state index contributed by atoms with van der Waals surface area (Å²) >= 11 is 0. The molecule has 0 atom stereocenters. The second-order valence-corrected chi connectivity index (χ2v) is 18.5. The minimum Gasteiger partial charge on any atom is -0.505 e. The summed E-state index contributed by atoms with van der Waals surface area (Å²) in [6, 6.07) is 35.8. The van der Waals surface area contributed by atoms with Crippen molar-refractivity contribution in [3.63, 3.8) is 0 Å². The van der Waals surface area contributed by atoms with Crippen LogP contribution in [0.2, 0.25) is 0 Å². The van der Waals surface area contributed by atoms with Crippen molar-refractivity contribution in [3.8, 4) is 17.2 Å². The molecule has 0 unspecified atom stereocenters. The molecule has 0 heterocycles. The molecule has 0 aromatic heterocycles. The topological polar surface area (TPSA) is 284 Å². The van der Waals surface area contributed by atoms with Gasteiger partial charge in [0.1, 0.15) is 38.4 Å². The smallest absolute Gasteiger partial charge is 0.296 e. The predicted molar refractivity (Wildman–Crippen MR) is 266 cm³/mol. The number of nitrogen functional groups attached to an aromatic ring is 1. The van der Waals surface area contributed by atoms with Crippen LogP contribution in [0.1, 0.15) is 16.7 Å². The Hall–Kier alpha value is -8.50. The van der Waals surface area contributed by atoms with Crippen LogP contribution in [-0.2, 0) is 20.2 Å². The quantitative estimate of drug-likeness (QED) is 0.0278. The number of aryl methyl sites for hydroxylation is 3. The van der Waals surface area contributed by atoms with Gasteiger partial charge in [-0.15, -0.1) is 15.3 Å². The molecule has 0 saturated carbocycles.